The van der Waals surface area contributed by atoms with E-state index in [9.17, 15) is 9.59 Å². The van der Waals surface area contributed by atoms with Crippen LogP contribution in [0.1, 0.15) is 19.8 Å². The maximum absolute atomic E-state index is 10.3. The van der Waals surface area contributed by atoms with Crippen LogP contribution in [0.25, 0.3) is 0 Å². The molecule has 0 aromatic heterocycles. The van der Waals surface area contributed by atoms with Gasteiger partial charge in [-0.1, -0.05) is 0 Å². The Hall–Kier alpha value is -1.37. The van der Waals surface area contributed by atoms with Gasteiger partial charge in [0, 0.05) is 19.8 Å². The molecule has 0 aliphatic carbocycles. The molecule has 0 radical (unpaired) electrons. The van der Waals surface area contributed by atoms with Crippen molar-refractivity contribution in [2.75, 3.05) is 0 Å². The van der Waals surface area contributed by atoms with Gasteiger partial charge in [-0.3, -0.25) is 4.79 Å². The first-order valence-electron chi connectivity index (χ1n) is 3.21. The SMILES string of the molecule is CC(=O)O[C@H](C#N)CCC=O. The molecule has 0 heterocycles. The van der Waals surface area contributed by atoms with Crippen LogP contribution in [0, 0.1) is 11.3 Å². The lowest BCUT2D eigenvalue weighted by molar-refractivity contribution is -0.144. The van der Waals surface area contributed by atoms with Crippen LogP contribution in [0.2, 0.25) is 0 Å². The van der Waals surface area contributed by atoms with Gasteiger partial charge < -0.3 is 9.53 Å². The van der Waals surface area contributed by atoms with E-state index in [4.69, 9.17) is 5.26 Å². The highest BCUT2D eigenvalue weighted by molar-refractivity contribution is 5.66. The van der Waals surface area contributed by atoms with Gasteiger partial charge in [-0.25, -0.2) is 0 Å². The molecule has 0 amide bonds. The summed E-state index contributed by atoms with van der Waals surface area (Å²) < 4.78 is 4.54. The number of carbonyl (C=O) groups excluding carboxylic acids is 2. The number of nitriles is 1. The van der Waals surface area contributed by atoms with Crippen molar-refractivity contribution in [1.82, 2.24) is 0 Å². The van der Waals surface area contributed by atoms with Crippen molar-refractivity contribution in [3.8, 4) is 6.07 Å². The third-order valence-corrected chi connectivity index (χ3v) is 0.999. The Labute approximate surface area is 64.8 Å². The van der Waals surface area contributed by atoms with Crippen molar-refractivity contribution in [3.05, 3.63) is 0 Å². The van der Waals surface area contributed by atoms with E-state index >= 15 is 0 Å². The first kappa shape index (κ1) is 9.63. The van der Waals surface area contributed by atoms with Crippen LogP contribution < -0.4 is 0 Å². The second-order valence-corrected chi connectivity index (χ2v) is 1.97. The fourth-order valence-corrected chi connectivity index (χ4v) is 0.570. The normalized spacial score (nSPS) is 11.3. The summed E-state index contributed by atoms with van der Waals surface area (Å²) in [7, 11) is 0. The Kier molecular flexibility index (Phi) is 4.74. The summed E-state index contributed by atoms with van der Waals surface area (Å²) in [4.78, 5) is 20.2. The lowest BCUT2D eigenvalue weighted by Crippen LogP contribution is -2.13. The topological polar surface area (TPSA) is 67.2 Å². The van der Waals surface area contributed by atoms with Gasteiger partial charge >= 0.3 is 5.97 Å². The highest BCUT2D eigenvalue weighted by Crippen LogP contribution is 1.99. The molecule has 11 heavy (non-hydrogen) atoms. The molecule has 1 atom stereocenters. The van der Waals surface area contributed by atoms with E-state index in [0.717, 1.165) is 0 Å². The highest BCUT2D eigenvalue weighted by Gasteiger charge is 2.08. The predicted octanol–water partition coefficient (Wildman–Crippen LogP) is 0.421. The molecule has 0 N–H and O–H groups in total. The Morgan fingerprint density at radius 1 is 1.82 bits per heavy atom. The van der Waals surface area contributed by atoms with Gasteiger partial charge in [-0.05, 0) is 0 Å². The lowest BCUT2D eigenvalue weighted by Gasteiger charge is -2.05. The molecule has 0 aromatic rings. The minimum absolute atomic E-state index is 0.242. The molecule has 0 aliphatic heterocycles. The molecule has 60 valence electrons. The molecule has 0 rings (SSSR count). The van der Waals surface area contributed by atoms with E-state index in [1.165, 1.54) is 6.92 Å². The minimum atomic E-state index is -0.780. The molecule has 4 nitrogen and oxygen atoms in total. The third kappa shape index (κ3) is 5.09. The smallest absolute Gasteiger partial charge is 0.303 e. The van der Waals surface area contributed by atoms with E-state index in [1.54, 1.807) is 6.07 Å². The highest BCUT2D eigenvalue weighted by atomic mass is 16.5. The van der Waals surface area contributed by atoms with Crippen molar-refractivity contribution in [2.45, 2.75) is 25.9 Å². The average molecular weight is 155 g/mol. The summed E-state index contributed by atoms with van der Waals surface area (Å²) in [5.41, 5.74) is 0. The average Bonchev–Trinajstić information content (AvgIpc) is 1.97. The number of hydrogen-bond donors (Lipinski definition) is 0. The zero-order valence-corrected chi connectivity index (χ0v) is 6.24. The molecule has 0 saturated heterocycles. The Morgan fingerprint density at radius 2 is 2.45 bits per heavy atom. The van der Waals surface area contributed by atoms with Crippen LogP contribution in [-0.2, 0) is 14.3 Å². The number of carbonyl (C=O) groups is 2. The quantitative estimate of drug-likeness (QED) is 0.436. The number of nitrogens with zero attached hydrogens (tertiary/aromatic N) is 1. The number of esters is 1. The van der Waals surface area contributed by atoms with Gasteiger partial charge in [0.05, 0.1) is 0 Å². The number of hydrogen-bond acceptors (Lipinski definition) is 4. The summed E-state index contributed by atoms with van der Waals surface area (Å²) in [5.74, 6) is -0.498. The van der Waals surface area contributed by atoms with Crippen molar-refractivity contribution < 1.29 is 14.3 Å². The zero-order chi connectivity index (χ0) is 8.69. The minimum Gasteiger partial charge on any atom is -0.447 e. The van der Waals surface area contributed by atoms with Crippen LogP contribution >= 0.6 is 0 Å². The fraction of sp³-hybridized carbons (Fsp3) is 0.571. The summed E-state index contributed by atoms with van der Waals surface area (Å²) in [6.45, 7) is 1.23. The van der Waals surface area contributed by atoms with E-state index in [2.05, 4.69) is 4.74 Å². The number of aldehydes is 1. The molecular weight excluding hydrogens is 146 g/mol. The van der Waals surface area contributed by atoms with E-state index in [-0.39, 0.29) is 12.8 Å². The molecule has 0 aliphatic rings. The number of rotatable bonds is 4. The molecule has 0 unspecified atom stereocenters. The molecule has 0 bridgehead atoms. The van der Waals surface area contributed by atoms with Crippen molar-refractivity contribution in [3.63, 3.8) is 0 Å². The van der Waals surface area contributed by atoms with Gasteiger partial charge in [0.2, 0.25) is 0 Å². The van der Waals surface area contributed by atoms with Gasteiger partial charge in [0.15, 0.2) is 6.10 Å². The lowest BCUT2D eigenvalue weighted by atomic mass is 10.2. The van der Waals surface area contributed by atoms with E-state index in [0.29, 0.717) is 6.29 Å². The Balaban J connectivity index is 3.69. The fourth-order valence-electron chi connectivity index (χ4n) is 0.570. The van der Waals surface area contributed by atoms with Gasteiger partial charge in [-0.2, -0.15) is 5.26 Å². The second-order valence-electron chi connectivity index (χ2n) is 1.97. The maximum atomic E-state index is 10.3. The first-order chi connectivity index (χ1) is 5.20. The number of ether oxygens (including phenoxy) is 1. The summed E-state index contributed by atoms with van der Waals surface area (Å²) in [6.07, 6.45) is 0.427. The van der Waals surface area contributed by atoms with Crippen LogP contribution in [0.3, 0.4) is 0 Å². The van der Waals surface area contributed by atoms with E-state index in [1.807, 2.05) is 0 Å². The van der Waals surface area contributed by atoms with Gasteiger partial charge in [0.25, 0.3) is 0 Å². The summed E-state index contributed by atoms with van der Waals surface area (Å²) >= 11 is 0. The van der Waals surface area contributed by atoms with Crippen LogP contribution in [0.5, 0.6) is 0 Å². The van der Waals surface area contributed by atoms with Gasteiger partial charge in [-0.15, -0.1) is 0 Å². The third-order valence-electron chi connectivity index (χ3n) is 0.999. The Morgan fingerprint density at radius 3 is 2.82 bits per heavy atom. The summed E-state index contributed by atoms with van der Waals surface area (Å²) in [6, 6.07) is 1.77. The molecule has 4 heteroatoms. The maximum Gasteiger partial charge on any atom is 0.303 e. The predicted molar refractivity (Wildman–Crippen MR) is 36.5 cm³/mol. The Bertz CT molecular complexity index is 183. The van der Waals surface area contributed by atoms with Crippen molar-refractivity contribution in [2.24, 2.45) is 0 Å². The van der Waals surface area contributed by atoms with E-state index < -0.39 is 12.1 Å². The summed E-state index contributed by atoms with van der Waals surface area (Å²) in [5, 5.41) is 8.36. The standard InChI is InChI=1S/C7H9NO3/c1-6(10)11-7(5-8)3-2-4-9/h4,7H,2-3H2,1H3/t7-/m0/s1. The largest absolute Gasteiger partial charge is 0.447 e. The zero-order valence-electron chi connectivity index (χ0n) is 6.24. The molecule has 0 saturated carbocycles. The molecular formula is C7H9NO3. The molecule has 0 fully saturated rings. The molecule has 0 aromatic carbocycles. The van der Waals surface area contributed by atoms with Crippen LogP contribution in [-0.4, -0.2) is 18.4 Å². The monoisotopic (exact) mass is 155 g/mol. The van der Waals surface area contributed by atoms with Crippen molar-refractivity contribution in [1.29, 1.82) is 5.26 Å². The van der Waals surface area contributed by atoms with Crippen LogP contribution in [0.15, 0.2) is 0 Å². The second kappa shape index (κ2) is 5.42. The molecule has 0 spiro atoms. The first-order valence-corrected chi connectivity index (χ1v) is 3.21. The van der Waals surface area contributed by atoms with Crippen molar-refractivity contribution >= 4 is 12.3 Å². The van der Waals surface area contributed by atoms with Gasteiger partial charge in [0.1, 0.15) is 12.4 Å². The van der Waals surface area contributed by atoms with Crippen LogP contribution in [0.4, 0.5) is 0 Å².